The Bertz CT molecular complexity index is 2140. The Morgan fingerprint density at radius 2 is 1.80 bits per heavy atom. The van der Waals surface area contributed by atoms with Crippen molar-refractivity contribution in [1.82, 2.24) is 4.57 Å². The number of nitrogens with zero attached hydrogens (tertiary/aromatic N) is 2. The first-order valence-electron chi connectivity index (χ1n) is 15.5. The van der Waals surface area contributed by atoms with Gasteiger partial charge in [-0.3, -0.25) is 9.36 Å². The molecule has 11 nitrogen and oxygen atoms in total. The molecular formula is C36H35BrN2O9S. The van der Waals surface area contributed by atoms with E-state index >= 15 is 0 Å². The van der Waals surface area contributed by atoms with Crippen molar-refractivity contribution in [2.24, 2.45) is 4.99 Å². The van der Waals surface area contributed by atoms with Crippen LogP contribution in [0.25, 0.3) is 6.08 Å². The molecule has 49 heavy (non-hydrogen) atoms. The maximum Gasteiger partial charge on any atom is 0.338 e. The molecule has 0 aliphatic carbocycles. The zero-order valence-electron chi connectivity index (χ0n) is 27.8. The molecule has 0 saturated heterocycles. The Hall–Kier alpha value is -4.75. The van der Waals surface area contributed by atoms with Crippen molar-refractivity contribution in [3.8, 4) is 34.5 Å². The van der Waals surface area contributed by atoms with Crippen LogP contribution in [-0.4, -0.2) is 44.3 Å². The summed E-state index contributed by atoms with van der Waals surface area (Å²) >= 11 is 4.87. The molecule has 3 heterocycles. The van der Waals surface area contributed by atoms with Gasteiger partial charge in [0.05, 0.1) is 48.8 Å². The van der Waals surface area contributed by atoms with Crippen molar-refractivity contribution in [1.29, 1.82) is 0 Å². The van der Waals surface area contributed by atoms with Crippen LogP contribution in [0.2, 0.25) is 0 Å². The molecule has 3 aromatic carbocycles. The number of hydrogen-bond donors (Lipinski definition) is 0. The monoisotopic (exact) mass is 750 g/mol. The number of carbonyl (C=O) groups is 1. The summed E-state index contributed by atoms with van der Waals surface area (Å²) in [4.78, 5) is 32.7. The van der Waals surface area contributed by atoms with Crippen LogP contribution in [0.5, 0.6) is 34.5 Å². The number of carbonyl (C=O) groups excluding carboxylic acids is 1. The van der Waals surface area contributed by atoms with Gasteiger partial charge in [-0.05, 0) is 86.9 Å². The van der Waals surface area contributed by atoms with Crippen molar-refractivity contribution in [3.05, 3.63) is 101 Å². The second-order valence-electron chi connectivity index (χ2n) is 11.4. The van der Waals surface area contributed by atoms with Gasteiger partial charge in [-0.15, -0.1) is 0 Å². The van der Waals surface area contributed by atoms with Gasteiger partial charge in [0, 0.05) is 4.47 Å². The number of thiazole rings is 1. The SMILES string of the molecule is CCOC(=O)C1=C(C)N=c2s/c(=C\c3cc(OC)c(OCc4ccc5c(c4)OCO5)cc3Br)c(=O)n2[C@H]1c1ccc(OC(C)C)c(OC)c1. The Morgan fingerprint density at radius 1 is 1.04 bits per heavy atom. The number of benzene rings is 3. The number of fused-ring (bicyclic) bond motifs is 2. The van der Waals surface area contributed by atoms with Crippen molar-refractivity contribution >= 4 is 39.3 Å². The molecule has 2 aliphatic rings. The lowest BCUT2D eigenvalue weighted by molar-refractivity contribution is -0.139. The Labute approximate surface area is 295 Å². The largest absolute Gasteiger partial charge is 0.493 e. The first-order valence-corrected chi connectivity index (χ1v) is 17.2. The van der Waals surface area contributed by atoms with Crippen molar-refractivity contribution in [2.75, 3.05) is 27.6 Å². The van der Waals surface area contributed by atoms with E-state index in [0.29, 0.717) is 65.1 Å². The summed E-state index contributed by atoms with van der Waals surface area (Å²) in [6.45, 7) is 7.96. The number of halogens is 1. The minimum absolute atomic E-state index is 0.0803. The Balaban J connectivity index is 1.39. The number of ether oxygens (including phenoxy) is 7. The molecule has 2 aliphatic heterocycles. The van der Waals surface area contributed by atoms with E-state index in [2.05, 4.69) is 20.9 Å². The van der Waals surface area contributed by atoms with E-state index in [1.807, 2.05) is 38.1 Å². The minimum Gasteiger partial charge on any atom is -0.493 e. The van der Waals surface area contributed by atoms with Crippen LogP contribution in [0.15, 0.2) is 74.1 Å². The number of allylic oxidation sites excluding steroid dienone is 1. The van der Waals surface area contributed by atoms with Crippen LogP contribution in [0, 0.1) is 0 Å². The number of hydrogen-bond acceptors (Lipinski definition) is 11. The van der Waals surface area contributed by atoms with Gasteiger partial charge in [0.2, 0.25) is 6.79 Å². The molecule has 0 spiro atoms. The second-order valence-corrected chi connectivity index (χ2v) is 13.2. The van der Waals surface area contributed by atoms with E-state index in [4.69, 9.17) is 33.2 Å². The maximum absolute atomic E-state index is 14.2. The highest BCUT2D eigenvalue weighted by molar-refractivity contribution is 9.10. The van der Waals surface area contributed by atoms with E-state index < -0.39 is 12.0 Å². The number of methoxy groups -OCH3 is 2. The summed E-state index contributed by atoms with van der Waals surface area (Å²) < 4.78 is 42.3. The summed E-state index contributed by atoms with van der Waals surface area (Å²) in [6.07, 6.45) is 1.68. The molecule has 0 bridgehead atoms. The van der Waals surface area contributed by atoms with Crippen LogP contribution in [0.1, 0.15) is 50.4 Å². The van der Waals surface area contributed by atoms with E-state index in [1.54, 1.807) is 58.4 Å². The fraction of sp³-hybridized carbons (Fsp3) is 0.306. The van der Waals surface area contributed by atoms with Crippen LogP contribution in [0.4, 0.5) is 0 Å². The molecule has 0 fully saturated rings. The lowest BCUT2D eigenvalue weighted by Crippen LogP contribution is -2.40. The minimum atomic E-state index is -0.815. The zero-order chi connectivity index (χ0) is 34.8. The molecule has 256 valence electrons. The molecule has 13 heteroatoms. The number of rotatable bonds is 11. The van der Waals surface area contributed by atoms with Crippen molar-refractivity contribution < 1.29 is 38.0 Å². The summed E-state index contributed by atoms with van der Waals surface area (Å²) in [5.74, 6) is 2.85. The molecule has 0 unspecified atom stereocenters. The summed E-state index contributed by atoms with van der Waals surface area (Å²) in [5, 5.41) is 0. The first kappa shape index (κ1) is 34.1. The van der Waals surface area contributed by atoms with Gasteiger partial charge in [0.1, 0.15) is 6.61 Å². The predicted molar refractivity (Wildman–Crippen MR) is 187 cm³/mol. The Morgan fingerprint density at radius 3 is 2.53 bits per heavy atom. The van der Waals surface area contributed by atoms with E-state index in [9.17, 15) is 9.59 Å². The smallest absolute Gasteiger partial charge is 0.338 e. The zero-order valence-corrected chi connectivity index (χ0v) is 30.2. The molecule has 1 aromatic heterocycles. The summed E-state index contributed by atoms with van der Waals surface area (Å²) in [5.41, 5.74) is 2.65. The third-order valence-electron chi connectivity index (χ3n) is 7.78. The van der Waals surface area contributed by atoms with Crippen molar-refractivity contribution in [2.45, 2.75) is 46.4 Å². The summed E-state index contributed by atoms with van der Waals surface area (Å²) in [7, 11) is 3.10. The van der Waals surface area contributed by atoms with Crippen LogP contribution in [0.3, 0.4) is 0 Å². The third-order valence-corrected chi connectivity index (χ3v) is 9.45. The number of aromatic nitrogens is 1. The average Bonchev–Trinajstić information content (AvgIpc) is 3.67. The number of esters is 1. The quantitative estimate of drug-likeness (QED) is 0.179. The lowest BCUT2D eigenvalue weighted by Gasteiger charge is -2.25. The highest BCUT2D eigenvalue weighted by atomic mass is 79.9. The molecular weight excluding hydrogens is 716 g/mol. The highest BCUT2D eigenvalue weighted by Gasteiger charge is 2.34. The molecule has 0 N–H and O–H groups in total. The molecule has 1 atom stereocenters. The lowest BCUT2D eigenvalue weighted by atomic mass is 9.95. The molecule has 6 rings (SSSR count). The highest BCUT2D eigenvalue weighted by Crippen LogP contribution is 2.38. The van der Waals surface area contributed by atoms with Crippen LogP contribution >= 0.6 is 27.3 Å². The van der Waals surface area contributed by atoms with E-state index in [1.165, 1.54) is 15.9 Å². The van der Waals surface area contributed by atoms with Gasteiger partial charge in [0.15, 0.2) is 39.3 Å². The second kappa shape index (κ2) is 14.4. The summed E-state index contributed by atoms with van der Waals surface area (Å²) in [6, 6.07) is 13.8. The van der Waals surface area contributed by atoms with Gasteiger partial charge in [0.25, 0.3) is 5.56 Å². The van der Waals surface area contributed by atoms with Gasteiger partial charge in [-0.2, -0.15) is 0 Å². The molecule has 0 saturated carbocycles. The third kappa shape index (κ3) is 6.90. The fourth-order valence-electron chi connectivity index (χ4n) is 5.58. The van der Waals surface area contributed by atoms with Crippen LogP contribution < -0.4 is 43.3 Å². The van der Waals surface area contributed by atoms with Crippen LogP contribution in [-0.2, 0) is 16.1 Å². The fourth-order valence-corrected chi connectivity index (χ4v) is 7.05. The van der Waals surface area contributed by atoms with Gasteiger partial charge >= 0.3 is 5.97 Å². The molecule has 0 radical (unpaired) electrons. The average molecular weight is 752 g/mol. The van der Waals surface area contributed by atoms with Gasteiger partial charge in [-0.25, -0.2) is 9.79 Å². The standard InChI is InChI=1S/C36H35BrN2O9S/c1-7-44-35(41)32-20(4)38-36-39(33(32)22-9-11-26(48-19(2)3)27(13-22)42-5)34(40)31(49-36)15-23-14-28(43-6)30(16-24(23)37)45-17-21-8-10-25-29(12-21)47-18-46-25/h8-16,19,33H,7,17-18H2,1-6H3/b31-15-/t33-/m0/s1. The van der Waals surface area contributed by atoms with Gasteiger partial charge in [-0.1, -0.05) is 39.4 Å². The first-order chi connectivity index (χ1) is 23.6. The van der Waals surface area contributed by atoms with E-state index in [0.717, 1.165) is 5.56 Å². The topological polar surface area (TPSA) is 116 Å². The molecule has 4 aromatic rings. The van der Waals surface area contributed by atoms with Crippen molar-refractivity contribution in [3.63, 3.8) is 0 Å². The predicted octanol–water partition coefficient (Wildman–Crippen LogP) is 5.67. The maximum atomic E-state index is 14.2. The Kier molecular flexibility index (Phi) is 10.0. The molecule has 0 amide bonds. The normalized spacial score (nSPS) is 15.2. The van der Waals surface area contributed by atoms with E-state index in [-0.39, 0.29) is 37.2 Å². The van der Waals surface area contributed by atoms with Gasteiger partial charge < -0.3 is 33.2 Å².